The fourth-order valence-corrected chi connectivity index (χ4v) is 3.84. The van der Waals surface area contributed by atoms with Gasteiger partial charge in [0.25, 0.3) is 0 Å². The molecule has 0 amide bonds. The number of aromatic nitrogens is 1. The van der Waals surface area contributed by atoms with Crippen LogP contribution in [0.4, 0.5) is 5.69 Å². The van der Waals surface area contributed by atoms with E-state index in [0.29, 0.717) is 0 Å². The second-order valence-electron chi connectivity index (χ2n) is 6.04. The van der Waals surface area contributed by atoms with Crippen LogP contribution in [0.3, 0.4) is 0 Å². The van der Waals surface area contributed by atoms with Crippen molar-refractivity contribution >= 4 is 34.6 Å². The molecule has 0 atom stereocenters. The van der Waals surface area contributed by atoms with Gasteiger partial charge in [0.15, 0.2) is 5.96 Å². The molecule has 1 saturated heterocycles. The lowest BCUT2D eigenvalue weighted by molar-refractivity contribution is 0.373. The van der Waals surface area contributed by atoms with Crippen molar-refractivity contribution in [1.29, 1.82) is 0 Å². The minimum atomic E-state index is 0.787. The smallest absolute Gasteiger partial charge is 0.193 e. The molecule has 1 aromatic heterocycles. The predicted molar refractivity (Wildman–Crippen MR) is 107 cm³/mol. The molecule has 0 radical (unpaired) electrons. The summed E-state index contributed by atoms with van der Waals surface area (Å²) in [6.07, 6.45) is 0.922. The molecule has 1 N–H and O–H groups in total. The molecule has 0 aliphatic carbocycles. The van der Waals surface area contributed by atoms with Crippen LogP contribution in [0.5, 0.6) is 0 Å². The lowest BCUT2D eigenvalue weighted by Crippen LogP contribution is -2.52. The lowest BCUT2D eigenvalue weighted by Gasteiger charge is -2.37. The number of guanidine groups is 1. The Labute approximate surface area is 158 Å². The minimum Gasteiger partial charge on any atom is -0.368 e. The number of benzene rings is 1. The average Bonchev–Trinajstić information content (AvgIpc) is 3.04. The number of halogens is 1. The number of hydrogen-bond donors (Lipinski definition) is 1. The second-order valence-corrected chi connectivity index (χ2v) is 7.53. The van der Waals surface area contributed by atoms with Crippen LogP contribution in [0, 0.1) is 6.92 Å². The number of thiazole rings is 1. The van der Waals surface area contributed by atoms with E-state index in [1.165, 1.54) is 5.69 Å². The van der Waals surface area contributed by atoms with Crippen molar-refractivity contribution in [2.45, 2.75) is 13.3 Å². The highest BCUT2D eigenvalue weighted by Gasteiger charge is 2.19. The Morgan fingerprint density at radius 3 is 2.76 bits per heavy atom. The van der Waals surface area contributed by atoms with E-state index in [9.17, 15) is 0 Å². The molecule has 2 aromatic rings. The maximum atomic E-state index is 6.10. The topological polar surface area (TPSA) is 43.8 Å². The van der Waals surface area contributed by atoms with Crippen molar-refractivity contribution in [3.8, 4) is 0 Å². The fourth-order valence-electron chi connectivity index (χ4n) is 3.01. The zero-order valence-corrected chi connectivity index (χ0v) is 16.3. The SMILES string of the molecule is CN=C(NCCc1csc(C)n1)N1CCN(c2cccc(Cl)c2)CC1. The lowest BCUT2D eigenvalue weighted by atomic mass is 10.2. The molecule has 25 heavy (non-hydrogen) atoms. The van der Waals surface area contributed by atoms with Gasteiger partial charge in [-0.2, -0.15) is 0 Å². The Morgan fingerprint density at radius 2 is 2.12 bits per heavy atom. The van der Waals surface area contributed by atoms with Crippen molar-refractivity contribution in [2.75, 3.05) is 44.7 Å². The maximum Gasteiger partial charge on any atom is 0.193 e. The van der Waals surface area contributed by atoms with E-state index in [1.807, 2.05) is 32.2 Å². The summed E-state index contributed by atoms with van der Waals surface area (Å²) in [5, 5.41) is 7.50. The molecule has 134 valence electrons. The molecule has 1 aromatic carbocycles. The average molecular weight is 378 g/mol. The van der Waals surface area contributed by atoms with E-state index < -0.39 is 0 Å². The van der Waals surface area contributed by atoms with Crippen molar-refractivity contribution in [3.05, 3.63) is 45.4 Å². The van der Waals surface area contributed by atoms with Gasteiger partial charge in [-0.1, -0.05) is 17.7 Å². The summed E-state index contributed by atoms with van der Waals surface area (Å²) in [6, 6.07) is 8.06. The second kappa shape index (κ2) is 8.54. The third-order valence-corrected chi connectivity index (χ3v) is 5.35. The molecule has 0 spiro atoms. The highest BCUT2D eigenvalue weighted by Crippen LogP contribution is 2.20. The number of hydrogen-bond acceptors (Lipinski definition) is 4. The summed E-state index contributed by atoms with van der Waals surface area (Å²) in [5.41, 5.74) is 2.34. The first-order valence-corrected chi connectivity index (χ1v) is 9.78. The summed E-state index contributed by atoms with van der Waals surface area (Å²) in [4.78, 5) is 13.6. The first kappa shape index (κ1) is 18.0. The van der Waals surface area contributed by atoms with Gasteiger partial charge in [-0.3, -0.25) is 4.99 Å². The number of aliphatic imine (C=N–C) groups is 1. The van der Waals surface area contributed by atoms with Crippen LogP contribution in [0.2, 0.25) is 5.02 Å². The molecular formula is C18H24ClN5S. The van der Waals surface area contributed by atoms with Crippen LogP contribution in [0.15, 0.2) is 34.6 Å². The molecular weight excluding hydrogens is 354 g/mol. The molecule has 7 heteroatoms. The predicted octanol–water partition coefficient (Wildman–Crippen LogP) is 3.05. The van der Waals surface area contributed by atoms with Crippen LogP contribution in [0.25, 0.3) is 0 Å². The molecule has 5 nitrogen and oxygen atoms in total. The van der Waals surface area contributed by atoms with Gasteiger partial charge in [-0.15, -0.1) is 11.3 Å². The van der Waals surface area contributed by atoms with Gasteiger partial charge in [-0.05, 0) is 25.1 Å². The van der Waals surface area contributed by atoms with Crippen LogP contribution in [0.1, 0.15) is 10.7 Å². The van der Waals surface area contributed by atoms with Gasteiger partial charge in [0.05, 0.1) is 10.7 Å². The van der Waals surface area contributed by atoms with E-state index in [2.05, 4.69) is 36.5 Å². The number of piperazine rings is 1. The van der Waals surface area contributed by atoms with Crippen LogP contribution >= 0.6 is 22.9 Å². The van der Waals surface area contributed by atoms with Gasteiger partial charge in [0.2, 0.25) is 0 Å². The largest absolute Gasteiger partial charge is 0.368 e. The van der Waals surface area contributed by atoms with Crippen molar-refractivity contribution < 1.29 is 0 Å². The van der Waals surface area contributed by atoms with Crippen LogP contribution in [-0.4, -0.2) is 55.6 Å². The van der Waals surface area contributed by atoms with Gasteiger partial charge >= 0.3 is 0 Å². The quantitative estimate of drug-likeness (QED) is 0.657. The van der Waals surface area contributed by atoms with Crippen molar-refractivity contribution in [2.24, 2.45) is 4.99 Å². The van der Waals surface area contributed by atoms with E-state index in [0.717, 1.165) is 60.8 Å². The summed E-state index contributed by atoms with van der Waals surface area (Å²) < 4.78 is 0. The zero-order valence-electron chi connectivity index (χ0n) is 14.7. The number of rotatable bonds is 4. The Balaban J connectivity index is 1.48. The van der Waals surface area contributed by atoms with E-state index >= 15 is 0 Å². The monoisotopic (exact) mass is 377 g/mol. The minimum absolute atomic E-state index is 0.787. The molecule has 1 aliphatic rings. The van der Waals surface area contributed by atoms with Crippen LogP contribution < -0.4 is 10.2 Å². The van der Waals surface area contributed by atoms with Crippen LogP contribution in [-0.2, 0) is 6.42 Å². The highest BCUT2D eigenvalue weighted by atomic mass is 35.5. The Kier molecular flexibility index (Phi) is 6.15. The zero-order chi connectivity index (χ0) is 17.6. The normalized spacial score (nSPS) is 15.6. The molecule has 0 unspecified atom stereocenters. The first-order valence-electron chi connectivity index (χ1n) is 8.53. The summed E-state index contributed by atoms with van der Waals surface area (Å²) in [6.45, 7) is 6.72. The molecule has 1 aliphatic heterocycles. The Hall–Kier alpha value is -1.79. The van der Waals surface area contributed by atoms with E-state index in [1.54, 1.807) is 11.3 Å². The van der Waals surface area contributed by atoms with Gasteiger partial charge < -0.3 is 15.1 Å². The first-order chi connectivity index (χ1) is 12.2. The fraction of sp³-hybridized carbons (Fsp3) is 0.444. The molecule has 2 heterocycles. The third-order valence-electron chi connectivity index (χ3n) is 4.30. The third kappa shape index (κ3) is 4.86. The van der Waals surface area contributed by atoms with Crippen molar-refractivity contribution in [3.63, 3.8) is 0 Å². The van der Waals surface area contributed by atoms with Crippen molar-refractivity contribution in [1.82, 2.24) is 15.2 Å². The number of anilines is 1. The Bertz CT molecular complexity index is 722. The Morgan fingerprint density at radius 1 is 1.32 bits per heavy atom. The molecule has 0 bridgehead atoms. The molecule has 1 fully saturated rings. The number of aryl methyl sites for hydroxylation is 1. The number of nitrogens with zero attached hydrogens (tertiary/aromatic N) is 4. The summed E-state index contributed by atoms with van der Waals surface area (Å²) in [5.74, 6) is 0.970. The number of nitrogens with one attached hydrogen (secondary N) is 1. The maximum absolute atomic E-state index is 6.10. The van der Waals surface area contributed by atoms with Gasteiger partial charge in [0.1, 0.15) is 0 Å². The summed E-state index contributed by atoms with van der Waals surface area (Å²) in [7, 11) is 1.85. The van der Waals surface area contributed by atoms with Gasteiger partial charge in [0, 0.05) is 62.3 Å². The molecule has 3 rings (SSSR count). The van der Waals surface area contributed by atoms with E-state index in [4.69, 9.17) is 11.6 Å². The van der Waals surface area contributed by atoms with E-state index in [-0.39, 0.29) is 0 Å². The van der Waals surface area contributed by atoms with Gasteiger partial charge in [-0.25, -0.2) is 4.98 Å². The standard InChI is InChI=1S/C18H24ClN5S/c1-14-22-16(13-25-14)6-7-21-18(20-2)24-10-8-23(9-11-24)17-5-3-4-15(19)12-17/h3-5,12-13H,6-11H2,1-2H3,(H,20,21). The summed E-state index contributed by atoms with van der Waals surface area (Å²) >= 11 is 7.81. The molecule has 0 saturated carbocycles. The highest BCUT2D eigenvalue weighted by molar-refractivity contribution is 7.09.